The summed E-state index contributed by atoms with van der Waals surface area (Å²) in [6.45, 7) is 4.43. The Balaban J connectivity index is 1.78. The first-order valence-corrected chi connectivity index (χ1v) is 9.60. The number of aldehydes is 1. The van der Waals surface area contributed by atoms with E-state index in [1.807, 2.05) is 0 Å². The van der Waals surface area contributed by atoms with Crippen LogP contribution in [0.4, 0.5) is 0 Å². The number of aliphatic hydroxyl groups excluding tert-OH is 2. The standard InChI is InChI=1S/C20H29NO4/c1-19-6-5-14-12(13(19)4-3-11(19)10-22)7-16(21-25)15-8-17(23)18(24)9-20(14,15)2/h7,10-11,13-15,17-18,23-25H,3-6,8-9H2,1-2H3/b21-16+. The van der Waals surface area contributed by atoms with Crippen LogP contribution in [0.1, 0.15) is 52.4 Å². The smallest absolute Gasteiger partial charge is 0.123 e. The molecule has 3 N–H and O–H groups in total. The molecule has 0 spiro atoms. The van der Waals surface area contributed by atoms with Crippen LogP contribution < -0.4 is 0 Å². The van der Waals surface area contributed by atoms with Gasteiger partial charge in [0.05, 0.1) is 17.9 Å². The number of carbonyl (C=O) groups is 1. The molecule has 0 amide bonds. The van der Waals surface area contributed by atoms with Crippen LogP contribution in [0, 0.1) is 34.5 Å². The van der Waals surface area contributed by atoms with Crippen molar-refractivity contribution in [2.45, 2.75) is 64.6 Å². The maximum absolute atomic E-state index is 11.6. The Morgan fingerprint density at radius 2 is 1.80 bits per heavy atom. The first-order chi connectivity index (χ1) is 11.8. The minimum Gasteiger partial charge on any atom is -0.411 e. The summed E-state index contributed by atoms with van der Waals surface area (Å²) in [6, 6.07) is 0. The third-order valence-electron chi connectivity index (χ3n) is 8.30. The predicted molar refractivity (Wildman–Crippen MR) is 93.3 cm³/mol. The van der Waals surface area contributed by atoms with Crippen molar-refractivity contribution in [3.05, 3.63) is 11.6 Å². The Bertz CT molecular complexity index is 644. The van der Waals surface area contributed by atoms with Crippen molar-refractivity contribution in [1.82, 2.24) is 0 Å². The molecule has 0 aliphatic heterocycles. The van der Waals surface area contributed by atoms with E-state index in [0.29, 0.717) is 30.4 Å². The highest BCUT2D eigenvalue weighted by atomic mass is 16.4. The number of carbonyl (C=O) groups excluding carboxylic acids is 1. The molecule has 4 aliphatic rings. The molecule has 0 aromatic rings. The predicted octanol–water partition coefficient (Wildman–Crippen LogP) is 2.54. The van der Waals surface area contributed by atoms with Crippen molar-refractivity contribution >= 4 is 12.0 Å². The lowest BCUT2D eigenvalue weighted by Gasteiger charge is -2.57. The zero-order chi connectivity index (χ0) is 18.0. The van der Waals surface area contributed by atoms with Gasteiger partial charge in [-0.2, -0.15) is 0 Å². The van der Waals surface area contributed by atoms with Crippen LogP contribution in [-0.2, 0) is 4.79 Å². The summed E-state index contributed by atoms with van der Waals surface area (Å²) in [6.07, 6.45) is 6.63. The van der Waals surface area contributed by atoms with Gasteiger partial charge < -0.3 is 20.2 Å². The lowest BCUT2D eigenvalue weighted by molar-refractivity contribution is -0.115. The van der Waals surface area contributed by atoms with Crippen LogP contribution in [0.15, 0.2) is 16.8 Å². The highest BCUT2D eigenvalue weighted by Crippen LogP contribution is 2.65. The molecule has 0 aromatic heterocycles. The molecular weight excluding hydrogens is 318 g/mol. The van der Waals surface area contributed by atoms with Gasteiger partial charge in [0, 0.05) is 11.8 Å². The number of nitrogens with zero attached hydrogens (tertiary/aromatic N) is 1. The van der Waals surface area contributed by atoms with Gasteiger partial charge in [-0.25, -0.2) is 0 Å². The van der Waals surface area contributed by atoms with Crippen molar-refractivity contribution in [2.75, 3.05) is 0 Å². The van der Waals surface area contributed by atoms with E-state index in [0.717, 1.165) is 32.0 Å². The number of hydrogen-bond donors (Lipinski definition) is 3. The molecule has 0 heterocycles. The Morgan fingerprint density at radius 1 is 1.08 bits per heavy atom. The molecule has 8 atom stereocenters. The van der Waals surface area contributed by atoms with E-state index >= 15 is 0 Å². The average Bonchev–Trinajstić information content (AvgIpc) is 2.92. The maximum Gasteiger partial charge on any atom is 0.123 e. The molecule has 3 fully saturated rings. The minimum absolute atomic E-state index is 0.000637. The molecule has 0 radical (unpaired) electrons. The third-order valence-corrected chi connectivity index (χ3v) is 8.30. The zero-order valence-electron chi connectivity index (χ0n) is 15.1. The van der Waals surface area contributed by atoms with Gasteiger partial charge >= 0.3 is 0 Å². The summed E-state index contributed by atoms with van der Waals surface area (Å²) in [5.74, 6) is 0.754. The van der Waals surface area contributed by atoms with Gasteiger partial charge in [0.25, 0.3) is 0 Å². The van der Waals surface area contributed by atoms with E-state index in [4.69, 9.17) is 0 Å². The fourth-order valence-corrected chi connectivity index (χ4v) is 6.78. The SMILES string of the molecule is CC12CCC3C(=C/C(=N\O)C4CC(O)C(O)CC34C)C1CCC2C=O. The third kappa shape index (κ3) is 2.21. The number of hydrogen-bond acceptors (Lipinski definition) is 5. The molecule has 3 saturated carbocycles. The summed E-state index contributed by atoms with van der Waals surface area (Å²) < 4.78 is 0. The lowest BCUT2D eigenvalue weighted by atomic mass is 9.47. The van der Waals surface area contributed by atoms with Crippen LogP contribution in [0.3, 0.4) is 0 Å². The first kappa shape index (κ1) is 17.2. The van der Waals surface area contributed by atoms with Gasteiger partial charge in [-0.15, -0.1) is 0 Å². The largest absolute Gasteiger partial charge is 0.411 e. The molecular formula is C20H29NO4. The number of rotatable bonds is 1. The minimum atomic E-state index is -0.760. The van der Waals surface area contributed by atoms with Crippen LogP contribution >= 0.6 is 0 Å². The van der Waals surface area contributed by atoms with Gasteiger partial charge in [0.2, 0.25) is 0 Å². The zero-order valence-corrected chi connectivity index (χ0v) is 15.1. The summed E-state index contributed by atoms with van der Waals surface area (Å²) in [5.41, 5.74) is 1.75. The van der Waals surface area contributed by atoms with Gasteiger partial charge in [0.1, 0.15) is 6.29 Å². The lowest BCUT2D eigenvalue weighted by Crippen LogP contribution is -2.55. The van der Waals surface area contributed by atoms with Crippen molar-refractivity contribution in [2.24, 2.45) is 39.7 Å². The van der Waals surface area contributed by atoms with Crippen LogP contribution in [0.25, 0.3) is 0 Å². The molecule has 4 rings (SSSR count). The number of fused-ring (bicyclic) bond motifs is 5. The molecule has 0 aromatic carbocycles. The van der Waals surface area contributed by atoms with Crippen molar-refractivity contribution in [3.63, 3.8) is 0 Å². The Labute approximate surface area is 148 Å². The molecule has 5 nitrogen and oxygen atoms in total. The van der Waals surface area contributed by atoms with E-state index in [-0.39, 0.29) is 22.7 Å². The van der Waals surface area contributed by atoms with Crippen LogP contribution in [-0.4, -0.2) is 39.6 Å². The first-order valence-electron chi connectivity index (χ1n) is 9.60. The summed E-state index contributed by atoms with van der Waals surface area (Å²) >= 11 is 0. The van der Waals surface area contributed by atoms with Gasteiger partial charge in [0.15, 0.2) is 0 Å². The Morgan fingerprint density at radius 3 is 2.48 bits per heavy atom. The number of oxime groups is 1. The second-order valence-electron chi connectivity index (χ2n) is 9.27. The van der Waals surface area contributed by atoms with Gasteiger partial charge in [-0.3, -0.25) is 0 Å². The Kier molecular flexibility index (Phi) is 3.89. The van der Waals surface area contributed by atoms with E-state index in [9.17, 15) is 20.2 Å². The van der Waals surface area contributed by atoms with Crippen molar-refractivity contribution in [1.29, 1.82) is 0 Å². The fraction of sp³-hybridized carbons (Fsp3) is 0.800. The van der Waals surface area contributed by atoms with Gasteiger partial charge in [-0.1, -0.05) is 24.6 Å². The molecule has 5 heteroatoms. The highest BCUT2D eigenvalue weighted by molar-refractivity contribution is 5.99. The Hall–Kier alpha value is -1.20. The van der Waals surface area contributed by atoms with E-state index in [1.54, 1.807) is 0 Å². The molecule has 25 heavy (non-hydrogen) atoms. The summed E-state index contributed by atoms with van der Waals surface area (Å²) in [4.78, 5) is 11.6. The van der Waals surface area contributed by atoms with Gasteiger partial charge in [-0.05, 0) is 67.3 Å². The maximum atomic E-state index is 11.6. The number of allylic oxidation sites excluding steroid dienone is 2. The molecule has 8 unspecified atom stereocenters. The molecule has 138 valence electrons. The average molecular weight is 347 g/mol. The quantitative estimate of drug-likeness (QED) is 0.386. The second kappa shape index (κ2) is 5.65. The second-order valence-corrected chi connectivity index (χ2v) is 9.27. The topological polar surface area (TPSA) is 90.1 Å². The van der Waals surface area contributed by atoms with E-state index in [1.165, 1.54) is 5.57 Å². The van der Waals surface area contributed by atoms with Crippen LogP contribution in [0.5, 0.6) is 0 Å². The highest BCUT2D eigenvalue weighted by Gasteiger charge is 2.59. The summed E-state index contributed by atoms with van der Waals surface area (Å²) in [7, 11) is 0. The van der Waals surface area contributed by atoms with E-state index in [2.05, 4.69) is 25.1 Å². The van der Waals surface area contributed by atoms with Crippen molar-refractivity contribution < 1.29 is 20.2 Å². The molecule has 0 saturated heterocycles. The summed E-state index contributed by atoms with van der Waals surface area (Å²) in [5, 5.41) is 33.7. The van der Waals surface area contributed by atoms with Crippen LogP contribution in [0.2, 0.25) is 0 Å². The monoisotopic (exact) mass is 347 g/mol. The van der Waals surface area contributed by atoms with E-state index < -0.39 is 12.2 Å². The number of aliphatic hydroxyl groups is 2. The molecule has 0 bridgehead atoms. The molecule has 4 aliphatic carbocycles. The normalized spacial score (nSPS) is 53.6. The fourth-order valence-electron chi connectivity index (χ4n) is 6.78. The van der Waals surface area contributed by atoms with Crippen molar-refractivity contribution in [3.8, 4) is 0 Å².